The number of nitrogens with one attached hydrogen (secondary N) is 1. The Kier molecular flexibility index (Phi) is 9.74. The van der Waals surface area contributed by atoms with Gasteiger partial charge in [-0.15, -0.1) is 0 Å². The largest absolute Gasteiger partial charge is 0.459 e. The molecule has 0 radical (unpaired) electrons. The van der Waals surface area contributed by atoms with E-state index in [1.807, 2.05) is 103 Å². The third-order valence-corrected chi connectivity index (χ3v) is 6.38. The Balaban J connectivity index is 1.60. The van der Waals surface area contributed by atoms with Gasteiger partial charge in [-0.3, -0.25) is 9.59 Å². The van der Waals surface area contributed by atoms with Crippen molar-refractivity contribution in [3.8, 4) is 0 Å². The van der Waals surface area contributed by atoms with E-state index in [4.69, 9.17) is 9.47 Å². The van der Waals surface area contributed by atoms with E-state index in [9.17, 15) is 14.4 Å². The summed E-state index contributed by atoms with van der Waals surface area (Å²) in [6, 6.07) is 31.5. The molecule has 7 nitrogen and oxygen atoms in total. The molecule has 0 heterocycles. The van der Waals surface area contributed by atoms with Crippen molar-refractivity contribution in [2.24, 2.45) is 0 Å². The smallest absolute Gasteiger partial charge is 0.408 e. The molecule has 4 rings (SSSR count). The number of ether oxygens (including phenoxy) is 2. The molecule has 1 atom stereocenters. The predicted molar refractivity (Wildman–Crippen MR) is 159 cm³/mol. The number of rotatable bonds is 10. The van der Waals surface area contributed by atoms with Crippen LogP contribution in [-0.4, -0.2) is 41.1 Å². The molecule has 0 aliphatic heterocycles. The van der Waals surface area contributed by atoms with Crippen LogP contribution in [0.3, 0.4) is 0 Å². The first-order valence-corrected chi connectivity index (χ1v) is 13.7. The standard InChI is InChI=1S/C34H36N2O5/c1-34(2,3)41-33(39)35-30(21-28-19-12-18-27-17-10-11-20-29(27)28)32(38)36(22-25-13-6-4-7-14-25)23-31(37)40-24-26-15-8-5-9-16-26/h4-20,30H,21-24H2,1-3H3,(H,35,39)/t30-/m1/s1. The summed E-state index contributed by atoms with van der Waals surface area (Å²) in [7, 11) is 0. The van der Waals surface area contributed by atoms with Crippen LogP contribution in [0.4, 0.5) is 4.79 Å². The minimum absolute atomic E-state index is 0.0998. The summed E-state index contributed by atoms with van der Waals surface area (Å²) in [5.41, 5.74) is 1.84. The average molecular weight is 553 g/mol. The SMILES string of the molecule is CC(C)(C)OC(=O)N[C@H](Cc1cccc2ccccc12)C(=O)N(CC(=O)OCc1ccccc1)Cc1ccccc1. The van der Waals surface area contributed by atoms with Crippen molar-refractivity contribution in [3.63, 3.8) is 0 Å². The van der Waals surface area contributed by atoms with E-state index in [2.05, 4.69) is 5.32 Å². The third kappa shape index (κ3) is 8.93. The molecular formula is C34H36N2O5. The Bertz CT molecular complexity index is 1460. The van der Waals surface area contributed by atoms with Gasteiger partial charge in [0.1, 0.15) is 24.8 Å². The lowest BCUT2D eigenvalue weighted by atomic mass is 9.98. The van der Waals surface area contributed by atoms with Crippen LogP contribution >= 0.6 is 0 Å². The second-order valence-corrected chi connectivity index (χ2v) is 10.9. The van der Waals surface area contributed by atoms with E-state index < -0.39 is 29.6 Å². The second-order valence-electron chi connectivity index (χ2n) is 10.9. The van der Waals surface area contributed by atoms with Gasteiger partial charge in [0, 0.05) is 13.0 Å². The maximum Gasteiger partial charge on any atom is 0.408 e. The molecule has 1 N–H and O–H groups in total. The van der Waals surface area contributed by atoms with Crippen LogP contribution in [0.1, 0.15) is 37.5 Å². The highest BCUT2D eigenvalue weighted by atomic mass is 16.6. The van der Waals surface area contributed by atoms with Gasteiger partial charge in [0.25, 0.3) is 0 Å². The van der Waals surface area contributed by atoms with Crippen molar-refractivity contribution >= 4 is 28.7 Å². The van der Waals surface area contributed by atoms with Crippen LogP contribution < -0.4 is 5.32 Å². The van der Waals surface area contributed by atoms with Gasteiger partial charge in [-0.05, 0) is 48.2 Å². The molecule has 0 spiro atoms. The highest BCUT2D eigenvalue weighted by Gasteiger charge is 2.30. The number of nitrogens with zero attached hydrogens (tertiary/aromatic N) is 1. The van der Waals surface area contributed by atoms with E-state index >= 15 is 0 Å². The van der Waals surface area contributed by atoms with Crippen LogP contribution in [0.15, 0.2) is 103 Å². The summed E-state index contributed by atoms with van der Waals surface area (Å²) in [5, 5.41) is 4.79. The van der Waals surface area contributed by atoms with Crippen molar-refractivity contribution in [1.82, 2.24) is 10.2 Å². The maximum absolute atomic E-state index is 14.1. The Morgan fingerprint density at radius 2 is 1.39 bits per heavy atom. The lowest BCUT2D eigenvalue weighted by Gasteiger charge is -2.29. The summed E-state index contributed by atoms with van der Waals surface area (Å²) in [6.45, 7) is 5.28. The molecule has 212 valence electrons. The summed E-state index contributed by atoms with van der Waals surface area (Å²) < 4.78 is 11.0. The van der Waals surface area contributed by atoms with Gasteiger partial charge < -0.3 is 19.7 Å². The lowest BCUT2D eigenvalue weighted by molar-refractivity contribution is -0.151. The summed E-state index contributed by atoms with van der Waals surface area (Å²) in [5.74, 6) is -0.955. The Morgan fingerprint density at radius 3 is 2.07 bits per heavy atom. The van der Waals surface area contributed by atoms with Crippen LogP contribution in [0.25, 0.3) is 10.8 Å². The zero-order valence-corrected chi connectivity index (χ0v) is 23.7. The van der Waals surface area contributed by atoms with Crippen molar-refractivity contribution in [2.45, 2.75) is 52.0 Å². The van der Waals surface area contributed by atoms with Crippen LogP contribution in [0.5, 0.6) is 0 Å². The fourth-order valence-electron chi connectivity index (χ4n) is 4.52. The van der Waals surface area contributed by atoms with Crippen LogP contribution in [0, 0.1) is 0 Å². The molecule has 0 bridgehead atoms. The van der Waals surface area contributed by atoms with Gasteiger partial charge in [0.15, 0.2) is 0 Å². The Hall–Kier alpha value is -4.65. The van der Waals surface area contributed by atoms with Gasteiger partial charge in [-0.1, -0.05) is 103 Å². The van der Waals surface area contributed by atoms with Gasteiger partial charge >= 0.3 is 12.1 Å². The molecule has 0 aliphatic rings. The summed E-state index contributed by atoms with van der Waals surface area (Å²) >= 11 is 0. The van der Waals surface area contributed by atoms with E-state index in [1.54, 1.807) is 20.8 Å². The Labute approximate surface area is 241 Å². The zero-order chi connectivity index (χ0) is 29.2. The van der Waals surface area contributed by atoms with Crippen molar-refractivity contribution in [2.75, 3.05) is 6.54 Å². The number of carbonyl (C=O) groups excluding carboxylic acids is 3. The molecule has 7 heteroatoms. The molecule has 0 saturated heterocycles. The number of esters is 1. The highest BCUT2D eigenvalue weighted by molar-refractivity contribution is 5.90. The van der Waals surface area contributed by atoms with E-state index in [0.717, 1.165) is 27.5 Å². The molecule has 0 aromatic heterocycles. The number of carbonyl (C=O) groups is 3. The number of hydrogen-bond acceptors (Lipinski definition) is 5. The second kappa shape index (κ2) is 13.6. The topological polar surface area (TPSA) is 84.9 Å². The summed E-state index contributed by atoms with van der Waals surface area (Å²) in [6.07, 6.45) is -0.494. The summed E-state index contributed by atoms with van der Waals surface area (Å²) in [4.78, 5) is 41.4. The lowest BCUT2D eigenvalue weighted by Crippen LogP contribution is -2.51. The fraction of sp³-hybridized carbons (Fsp3) is 0.265. The fourth-order valence-corrected chi connectivity index (χ4v) is 4.52. The molecule has 4 aromatic carbocycles. The molecule has 0 unspecified atom stereocenters. The van der Waals surface area contributed by atoms with Crippen molar-refractivity contribution in [3.05, 3.63) is 120 Å². The maximum atomic E-state index is 14.1. The van der Waals surface area contributed by atoms with Gasteiger partial charge in [-0.2, -0.15) is 0 Å². The number of amides is 2. The number of benzene rings is 4. The third-order valence-electron chi connectivity index (χ3n) is 6.38. The van der Waals surface area contributed by atoms with Crippen molar-refractivity contribution < 1.29 is 23.9 Å². The quantitative estimate of drug-likeness (QED) is 0.242. The van der Waals surface area contributed by atoms with E-state index in [0.29, 0.717) is 0 Å². The molecule has 0 aliphatic carbocycles. The molecule has 0 fully saturated rings. The highest BCUT2D eigenvalue weighted by Crippen LogP contribution is 2.21. The monoisotopic (exact) mass is 552 g/mol. The van der Waals surface area contributed by atoms with Crippen LogP contribution in [0.2, 0.25) is 0 Å². The van der Waals surface area contributed by atoms with Gasteiger partial charge in [-0.25, -0.2) is 4.79 Å². The number of hydrogen-bond donors (Lipinski definition) is 1. The minimum atomic E-state index is -0.985. The molecule has 2 amide bonds. The molecule has 4 aromatic rings. The zero-order valence-electron chi connectivity index (χ0n) is 23.7. The van der Waals surface area contributed by atoms with Gasteiger partial charge in [0.05, 0.1) is 0 Å². The number of fused-ring (bicyclic) bond motifs is 1. The molecular weight excluding hydrogens is 516 g/mol. The van der Waals surface area contributed by atoms with E-state index in [-0.39, 0.29) is 26.1 Å². The average Bonchev–Trinajstić information content (AvgIpc) is 2.95. The van der Waals surface area contributed by atoms with E-state index in [1.165, 1.54) is 4.90 Å². The number of alkyl carbamates (subject to hydrolysis) is 1. The molecule has 0 saturated carbocycles. The van der Waals surface area contributed by atoms with Crippen LogP contribution in [-0.2, 0) is 38.6 Å². The molecule has 41 heavy (non-hydrogen) atoms. The normalized spacial score (nSPS) is 11.9. The first-order chi connectivity index (χ1) is 19.7. The van der Waals surface area contributed by atoms with Gasteiger partial charge in [0.2, 0.25) is 5.91 Å². The Morgan fingerprint density at radius 1 is 0.780 bits per heavy atom. The first-order valence-electron chi connectivity index (χ1n) is 13.7. The minimum Gasteiger partial charge on any atom is -0.459 e. The predicted octanol–water partition coefficient (Wildman–Crippen LogP) is 6.05. The first kappa shape index (κ1) is 29.3. The van der Waals surface area contributed by atoms with Crippen molar-refractivity contribution in [1.29, 1.82) is 0 Å².